The monoisotopic (exact) mass is 228 g/mol. The van der Waals surface area contributed by atoms with Crippen molar-refractivity contribution < 1.29 is 4.79 Å². The summed E-state index contributed by atoms with van der Waals surface area (Å²) < 4.78 is 0. The Labute approximate surface area is 104 Å². The van der Waals surface area contributed by atoms with Crippen LogP contribution in [0.1, 0.15) is 25.8 Å². The van der Waals surface area contributed by atoms with E-state index in [0.717, 1.165) is 12.8 Å². The maximum absolute atomic E-state index is 12.0. The van der Waals surface area contributed by atoms with Crippen LogP contribution in [0.4, 0.5) is 0 Å². The minimum atomic E-state index is -0.456. The average Bonchev–Trinajstić information content (AvgIpc) is 2.37. The second-order valence-electron chi connectivity index (χ2n) is 4.47. The Hall–Kier alpha value is -1.63. The largest absolute Gasteiger partial charge is 0.294 e. The van der Waals surface area contributed by atoms with Gasteiger partial charge >= 0.3 is 0 Å². The van der Waals surface area contributed by atoms with Gasteiger partial charge in [-0.15, -0.1) is 6.58 Å². The smallest absolute Gasteiger partial charge is 0.164 e. The minimum absolute atomic E-state index is 0.130. The van der Waals surface area contributed by atoms with E-state index in [9.17, 15) is 4.79 Å². The fraction of sp³-hybridized carbons (Fsp3) is 0.312. The van der Waals surface area contributed by atoms with Gasteiger partial charge < -0.3 is 0 Å². The molecule has 1 aromatic carbocycles. The molecule has 0 aliphatic carbocycles. The zero-order valence-corrected chi connectivity index (χ0v) is 10.6. The summed E-state index contributed by atoms with van der Waals surface area (Å²) in [5, 5.41) is 0. The summed E-state index contributed by atoms with van der Waals surface area (Å²) in [6.45, 7) is 7.60. The third-order valence-electron chi connectivity index (χ3n) is 3.11. The van der Waals surface area contributed by atoms with Crippen molar-refractivity contribution in [3.8, 4) is 0 Å². The molecule has 1 heteroatoms. The van der Waals surface area contributed by atoms with E-state index in [1.807, 2.05) is 32.0 Å². The van der Waals surface area contributed by atoms with Gasteiger partial charge in [-0.2, -0.15) is 0 Å². The van der Waals surface area contributed by atoms with Gasteiger partial charge in [-0.1, -0.05) is 42.5 Å². The fourth-order valence-corrected chi connectivity index (χ4v) is 1.72. The predicted octanol–water partition coefficient (Wildman–Crippen LogP) is 3.96. The molecule has 0 aliphatic heterocycles. The van der Waals surface area contributed by atoms with Gasteiger partial charge in [0.15, 0.2) is 5.78 Å². The van der Waals surface area contributed by atoms with Gasteiger partial charge in [-0.25, -0.2) is 0 Å². The first-order valence-corrected chi connectivity index (χ1v) is 5.97. The quantitative estimate of drug-likeness (QED) is 0.532. The highest BCUT2D eigenvalue weighted by Crippen LogP contribution is 2.26. The molecule has 0 N–H and O–H groups in total. The molecule has 0 aromatic heterocycles. The van der Waals surface area contributed by atoms with Crippen LogP contribution in [0.3, 0.4) is 0 Å². The Kier molecular flexibility index (Phi) is 4.89. The number of aryl methyl sites for hydroxylation is 1. The summed E-state index contributed by atoms with van der Waals surface area (Å²) in [4.78, 5) is 12.0. The van der Waals surface area contributed by atoms with Crippen molar-refractivity contribution >= 4 is 5.78 Å². The predicted molar refractivity (Wildman–Crippen MR) is 72.9 cm³/mol. The molecule has 1 rings (SSSR count). The third-order valence-corrected chi connectivity index (χ3v) is 3.11. The van der Waals surface area contributed by atoms with Crippen LogP contribution < -0.4 is 0 Å². The van der Waals surface area contributed by atoms with Gasteiger partial charge in [0.05, 0.1) is 0 Å². The SMILES string of the molecule is C=CC(C)(CCc1ccccc1)C(=O)/C=C/C. The summed E-state index contributed by atoms with van der Waals surface area (Å²) in [5.74, 6) is 0.130. The van der Waals surface area contributed by atoms with Crippen molar-refractivity contribution in [3.05, 3.63) is 60.7 Å². The maximum Gasteiger partial charge on any atom is 0.164 e. The van der Waals surface area contributed by atoms with Gasteiger partial charge in [0.1, 0.15) is 0 Å². The first-order chi connectivity index (χ1) is 8.12. The number of carbonyl (C=O) groups excluding carboxylic acids is 1. The Balaban J connectivity index is 2.70. The molecule has 0 heterocycles. The van der Waals surface area contributed by atoms with E-state index in [4.69, 9.17) is 0 Å². The minimum Gasteiger partial charge on any atom is -0.294 e. The zero-order valence-electron chi connectivity index (χ0n) is 10.6. The molecule has 0 radical (unpaired) electrons. The van der Waals surface area contributed by atoms with E-state index in [-0.39, 0.29) is 5.78 Å². The Morgan fingerprint density at radius 3 is 2.53 bits per heavy atom. The number of carbonyl (C=O) groups is 1. The first-order valence-electron chi connectivity index (χ1n) is 5.97. The highest BCUT2D eigenvalue weighted by atomic mass is 16.1. The summed E-state index contributed by atoms with van der Waals surface area (Å²) in [6, 6.07) is 10.2. The lowest BCUT2D eigenvalue weighted by molar-refractivity contribution is -0.121. The molecule has 1 nitrogen and oxygen atoms in total. The highest BCUT2D eigenvalue weighted by molar-refractivity contribution is 5.95. The molecule has 0 amide bonds. The first kappa shape index (κ1) is 13.4. The van der Waals surface area contributed by atoms with Crippen molar-refractivity contribution in [2.75, 3.05) is 0 Å². The molecule has 0 fully saturated rings. The van der Waals surface area contributed by atoms with Crippen molar-refractivity contribution in [3.63, 3.8) is 0 Å². The number of benzene rings is 1. The average molecular weight is 228 g/mol. The van der Waals surface area contributed by atoms with Crippen molar-refractivity contribution in [1.82, 2.24) is 0 Å². The van der Waals surface area contributed by atoms with Crippen LogP contribution in [-0.4, -0.2) is 5.78 Å². The number of allylic oxidation sites excluding steroid dienone is 3. The van der Waals surface area contributed by atoms with E-state index >= 15 is 0 Å². The number of hydrogen-bond donors (Lipinski definition) is 0. The molecule has 17 heavy (non-hydrogen) atoms. The van der Waals surface area contributed by atoms with E-state index < -0.39 is 5.41 Å². The summed E-state index contributed by atoms with van der Waals surface area (Å²) in [6.07, 6.45) is 6.87. The second-order valence-corrected chi connectivity index (χ2v) is 4.47. The number of ketones is 1. The Morgan fingerprint density at radius 2 is 2.00 bits per heavy atom. The summed E-state index contributed by atoms with van der Waals surface area (Å²) in [7, 11) is 0. The van der Waals surface area contributed by atoms with Gasteiger partial charge in [-0.3, -0.25) is 4.79 Å². The van der Waals surface area contributed by atoms with Crippen molar-refractivity contribution in [2.45, 2.75) is 26.7 Å². The number of hydrogen-bond acceptors (Lipinski definition) is 1. The highest BCUT2D eigenvalue weighted by Gasteiger charge is 2.26. The van der Waals surface area contributed by atoms with Crippen molar-refractivity contribution in [2.24, 2.45) is 5.41 Å². The van der Waals surface area contributed by atoms with E-state index in [2.05, 4.69) is 18.7 Å². The Morgan fingerprint density at radius 1 is 1.35 bits per heavy atom. The molecular formula is C16H20O. The Bertz CT molecular complexity index is 403. The van der Waals surface area contributed by atoms with Crippen LogP contribution in [-0.2, 0) is 11.2 Å². The fourth-order valence-electron chi connectivity index (χ4n) is 1.72. The molecule has 0 aliphatic rings. The van der Waals surface area contributed by atoms with Crippen LogP contribution in [0, 0.1) is 5.41 Å². The van der Waals surface area contributed by atoms with Gasteiger partial charge in [-0.05, 0) is 38.3 Å². The summed E-state index contributed by atoms with van der Waals surface area (Å²) in [5.41, 5.74) is 0.802. The van der Waals surface area contributed by atoms with Crippen LogP contribution in [0.15, 0.2) is 55.1 Å². The standard InChI is InChI=1S/C16H20O/c1-4-9-15(17)16(3,5-2)13-12-14-10-7-6-8-11-14/h4-11H,2,12-13H2,1,3H3/b9-4+. The van der Waals surface area contributed by atoms with E-state index in [1.165, 1.54) is 5.56 Å². The lowest BCUT2D eigenvalue weighted by Gasteiger charge is -2.22. The van der Waals surface area contributed by atoms with Crippen LogP contribution in [0.5, 0.6) is 0 Å². The third kappa shape index (κ3) is 3.70. The molecule has 1 unspecified atom stereocenters. The molecule has 90 valence electrons. The molecular weight excluding hydrogens is 208 g/mol. The molecule has 0 bridgehead atoms. The molecule has 0 spiro atoms. The van der Waals surface area contributed by atoms with Gasteiger partial charge in [0.25, 0.3) is 0 Å². The van der Waals surface area contributed by atoms with E-state index in [0.29, 0.717) is 0 Å². The van der Waals surface area contributed by atoms with Gasteiger partial charge in [0.2, 0.25) is 0 Å². The van der Waals surface area contributed by atoms with Crippen LogP contribution >= 0.6 is 0 Å². The normalized spacial score (nSPS) is 14.5. The summed E-state index contributed by atoms with van der Waals surface area (Å²) >= 11 is 0. The zero-order chi connectivity index (χ0) is 12.7. The lowest BCUT2D eigenvalue weighted by Crippen LogP contribution is -2.24. The van der Waals surface area contributed by atoms with Crippen LogP contribution in [0.25, 0.3) is 0 Å². The van der Waals surface area contributed by atoms with Crippen LogP contribution in [0.2, 0.25) is 0 Å². The molecule has 1 atom stereocenters. The van der Waals surface area contributed by atoms with E-state index in [1.54, 1.807) is 18.2 Å². The number of rotatable bonds is 6. The molecule has 0 saturated carbocycles. The maximum atomic E-state index is 12.0. The topological polar surface area (TPSA) is 17.1 Å². The molecule has 1 aromatic rings. The molecule has 0 saturated heterocycles. The lowest BCUT2D eigenvalue weighted by atomic mass is 9.80. The van der Waals surface area contributed by atoms with Crippen molar-refractivity contribution in [1.29, 1.82) is 0 Å². The van der Waals surface area contributed by atoms with Gasteiger partial charge in [0, 0.05) is 5.41 Å². The second kappa shape index (κ2) is 6.19.